The Morgan fingerprint density at radius 1 is 1.00 bits per heavy atom. The van der Waals surface area contributed by atoms with Crippen LogP contribution in [0.15, 0.2) is 59.8 Å². The van der Waals surface area contributed by atoms with Crippen molar-refractivity contribution in [1.82, 2.24) is 4.90 Å². The average Bonchev–Trinajstić information content (AvgIpc) is 3.33. The fraction of sp³-hybridized carbons (Fsp3) is 0.381. The largest absolute Gasteiger partial charge is 0.389 e. The van der Waals surface area contributed by atoms with Crippen molar-refractivity contribution in [2.75, 3.05) is 13.1 Å². The highest BCUT2D eigenvalue weighted by molar-refractivity contribution is 6.09. The minimum Gasteiger partial charge on any atom is -0.389 e. The van der Waals surface area contributed by atoms with Gasteiger partial charge in [0.05, 0.1) is 0 Å². The zero-order chi connectivity index (χ0) is 16.1. The predicted octanol–water partition coefficient (Wildman–Crippen LogP) is 3.90. The van der Waals surface area contributed by atoms with Gasteiger partial charge in [-0.3, -0.25) is 4.90 Å². The summed E-state index contributed by atoms with van der Waals surface area (Å²) in [5, 5.41) is 4.63. The molecule has 122 valence electrons. The Morgan fingerprint density at radius 2 is 1.71 bits per heavy atom. The normalized spacial score (nSPS) is 31.5. The van der Waals surface area contributed by atoms with Crippen molar-refractivity contribution >= 4 is 5.71 Å². The second kappa shape index (κ2) is 5.18. The van der Waals surface area contributed by atoms with Crippen LogP contribution in [0.4, 0.5) is 0 Å². The first-order chi connectivity index (χ1) is 11.8. The van der Waals surface area contributed by atoms with Gasteiger partial charge in [0.1, 0.15) is 11.3 Å². The quantitative estimate of drug-likeness (QED) is 0.839. The summed E-state index contributed by atoms with van der Waals surface area (Å²) < 4.78 is 0. The van der Waals surface area contributed by atoms with Crippen molar-refractivity contribution in [3.63, 3.8) is 0 Å². The third kappa shape index (κ3) is 1.68. The van der Waals surface area contributed by atoms with Crippen LogP contribution in [0.2, 0.25) is 0 Å². The Hall–Kier alpha value is -2.13. The second-order valence-electron chi connectivity index (χ2n) is 7.17. The smallest absolute Gasteiger partial charge is 0.162 e. The van der Waals surface area contributed by atoms with Crippen molar-refractivity contribution in [2.24, 2.45) is 5.16 Å². The summed E-state index contributed by atoms with van der Waals surface area (Å²) in [5.41, 5.74) is 4.85. The summed E-state index contributed by atoms with van der Waals surface area (Å²) in [6, 6.07) is 19.4. The van der Waals surface area contributed by atoms with Gasteiger partial charge in [0.15, 0.2) is 6.10 Å². The van der Waals surface area contributed by atoms with Gasteiger partial charge >= 0.3 is 0 Å². The highest BCUT2D eigenvalue weighted by atomic mass is 16.6. The van der Waals surface area contributed by atoms with Crippen LogP contribution in [-0.2, 0) is 10.4 Å². The number of benzene rings is 2. The third-order valence-electron chi connectivity index (χ3n) is 6.00. The molecule has 3 nitrogen and oxygen atoms in total. The molecule has 0 N–H and O–H groups in total. The van der Waals surface area contributed by atoms with E-state index in [4.69, 9.17) is 4.84 Å². The maximum Gasteiger partial charge on any atom is 0.162 e. The first kappa shape index (κ1) is 14.2. The van der Waals surface area contributed by atoms with Gasteiger partial charge in [-0.05, 0) is 37.1 Å². The van der Waals surface area contributed by atoms with Gasteiger partial charge in [-0.15, -0.1) is 0 Å². The van der Waals surface area contributed by atoms with E-state index in [0.29, 0.717) is 5.92 Å². The maximum absolute atomic E-state index is 6.10. The molecule has 1 fully saturated rings. The number of fused-ring (bicyclic) bond motifs is 3. The standard InChI is InChI=1S/C21H22N2O/c1-15-17-11-5-6-12-18(17)21(23-13-7-8-14-23)19(22-24-20(15)21)16-9-3-2-4-10-16/h2-6,9-12,15,20H,7-8,13-14H2,1H3/t15-,20+,21-/m0/s1. The van der Waals surface area contributed by atoms with Gasteiger partial charge in [-0.1, -0.05) is 66.7 Å². The molecular weight excluding hydrogens is 296 g/mol. The lowest BCUT2D eigenvalue weighted by atomic mass is 9.80. The monoisotopic (exact) mass is 318 g/mol. The lowest BCUT2D eigenvalue weighted by Crippen LogP contribution is -2.54. The Bertz CT molecular complexity index is 794. The molecule has 0 amide bonds. The Kier molecular flexibility index (Phi) is 3.07. The van der Waals surface area contributed by atoms with Gasteiger partial charge in [-0.2, -0.15) is 0 Å². The van der Waals surface area contributed by atoms with Crippen molar-refractivity contribution < 1.29 is 4.84 Å². The number of nitrogens with zero attached hydrogens (tertiary/aromatic N) is 2. The molecule has 0 aromatic heterocycles. The van der Waals surface area contributed by atoms with Gasteiger partial charge in [0.2, 0.25) is 0 Å². The van der Waals surface area contributed by atoms with Crippen molar-refractivity contribution in [2.45, 2.75) is 37.3 Å². The van der Waals surface area contributed by atoms with Crippen LogP contribution in [0, 0.1) is 0 Å². The van der Waals surface area contributed by atoms with E-state index in [1.807, 2.05) is 0 Å². The first-order valence-electron chi connectivity index (χ1n) is 8.97. The molecule has 0 saturated carbocycles. The zero-order valence-electron chi connectivity index (χ0n) is 14.0. The van der Waals surface area contributed by atoms with E-state index in [1.165, 1.54) is 29.5 Å². The molecule has 3 aliphatic rings. The molecule has 24 heavy (non-hydrogen) atoms. The topological polar surface area (TPSA) is 24.8 Å². The lowest BCUT2D eigenvalue weighted by molar-refractivity contribution is -0.00616. The van der Waals surface area contributed by atoms with E-state index < -0.39 is 0 Å². The van der Waals surface area contributed by atoms with Crippen LogP contribution >= 0.6 is 0 Å². The molecule has 1 aliphatic carbocycles. The molecular formula is C21H22N2O. The van der Waals surface area contributed by atoms with Crippen LogP contribution in [0.25, 0.3) is 0 Å². The van der Waals surface area contributed by atoms with E-state index in [9.17, 15) is 0 Å². The molecule has 0 bridgehead atoms. The van der Waals surface area contributed by atoms with Gasteiger partial charge < -0.3 is 4.84 Å². The number of oxime groups is 1. The summed E-state index contributed by atoms with van der Waals surface area (Å²) in [6.45, 7) is 4.52. The Labute approximate surface area is 142 Å². The fourth-order valence-corrected chi connectivity index (χ4v) is 4.97. The van der Waals surface area contributed by atoms with E-state index in [-0.39, 0.29) is 11.6 Å². The SMILES string of the molecule is C[C@H]1c2ccccc2[C@]2(N3CCCC3)C(c3ccccc3)=NO[C@H]12. The van der Waals surface area contributed by atoms with Gasteiger partial charge in [0, 0.05) is 11.5 Å². The molecule has 2 heterocycles. The predicted molar refractivity (Wildman–Crippen MR) is 95.2 cm³/mol. The molecule has 3 atom stereocenters. The number of hydrogen-bond donors (Lipinski definition) is 0. The van der Waals surface area contributed by atoms with E-state index >= 15 is 0 Å². The van der Waals surface area contributed by atoms with E-state index in [2.05, 4.69) is 71.6 Å². The Balaban J connectivity index is 1.76. The first-order valence-corrected chi connectivity index (χ1v) is 8.97. The minimum atomic E-state index is -0.228. The number of rotatable bonds is 2. The van der Waals surface area contributed by atoms with Crippen LogP contribution < -0.4 is 0 Å². The zero-order valence-corrected chi connectivity index (χ0v) is 14.0. The second-order valence-corrected chi connectivity index (χ2v) is 7.17. The van der Waals surface area contributed by atoms with Crippen LogP contribution in [0.1, 0.15) is 42.4 Å². The molecule has 2 aromatic rings. The molecule has 1 saturated heterocycles. The summed E-state index contributed by atoms with van der Waals surface area (Å²) in [4.78, 5) is 8.72. The molecule has 2 aliphatic heterocycles. The lowest BCUT2D eigenvalue weighted by Gasteiger charge is -2.39. The van der Waals surface area contributed by atoms with Crippen LogP contribution in [-0.4, -0.2) is 29.8 Å². The maximum atomic E-state index is 6.10. The van der Waals surface area contributed by atoms with Crippen molar-refractivity contribution in [1.29, 1.82) is 0 Å². The molecule has 3 heteroatoms. The average molecular weight is 318 g/mol. The molecule has 0 unspecified atom stereocenters. The fourth-order valence-electron chi connectivity index (χ4n) is 4.97. The summed E-state index contributed by atoms with van der Waals surface area (Å²) in [7, 11) is 0. The van der Waals surface area contributed by atoms with Crippen LogP contribution in [0.3, 0.4) is 0 Å². The summed E-state index contributed by atoms with van der Waals surface area (Å²) >= 11 is 0. The Morgan fingerprint density at radius 3 is 2.50 bits per heavy atom. The summed E-state index contributed by atoms with van der Waals surface area (Å²) in [6.07, 6.45) is 2.59. The highest BCUT2D eigenvalue weighted by Gasteiger charge is 2.62. The van der Waals surface area contributed by atoms with Crippen molar-refractivity contribution in [3.05, 3.63) is 71.3 Å². The number of likely N-dealkylation sites (tertiary alicyclic amines) is 1. The summed E-state index contributed by atoms with van der Waals surface area (Å²) in [5.74, 6) is 0.353. The van der Waals surface area contributed by atoms with Gasteiger partial charge in [-0.25, -0.2) is 0 Å². The molecule has 2 aromatic carbocycles. The number of hydrogen-bond acceptors (Lipinski definition) is 3. The molecule has 5 rings (SSSR count). The highest BCUT2D eigenvalue weighted by Crippen LogP contribution is 2.55. The molecule has 0 radical (unpaired) electrons. The van der Waals surface area contributed by atoms with Crippen LogP contribution in [0.5, 0.6) is 0 Å². The van der Waals surface area contributed by atoms with E-state index in [0.717, 1.165) is 18.8 Å². The van der Waals surface area contributed by atoms with Gasteiger partial charge in [0.25, 0.3) is 0 Å². The molecule has 0 spiro atoms. The van der Waals surface area contributed by atoms with E-state index in [1.54, 1.807) is 0 Å². The third-order valence-corrected chi connectivity index (χ3v) is 6.00. The van der Waals surface area contributed by atoms with Crippen molar-refractivity contribution in [3.8, 4) is 0 Å². The minimum absolute atomic E-state index is 0.0724.